The van der Waals surface area contributed by atoms with E-state index in [9.17, 15) is 23.3 Å². The van der Waals surface area contributed by atoms with Crippen LogP contribution in [0.15, 0.2) is 84.0 Å². The van der Waals surface area contributed by atoms with Gasteiger partial charge in [-0.2, -0.15) is 0 Å². The second kappa shape index (κ2) is 18.0. The van der Waals surface area contributed by atoms with Crippen LogP contribution in [-0.4, -0.2) is 123 Å². The van der Waals surface area contributed by atoms with Crippen LogP contribution in [-0.2, 0) is 19.5 Å². The van der Waals surface area contributed by atoms with Crippen LogP contribution in [0.2, 0.25) is 0 Å². The lowest BCUT2D eigenvalue weighted by Crippen LogP contribution is -2.58. The van der Waals surface area contributed by atoms with Crippen molar-refractivity contribution >= 4 is 44.0 Å². The van der Waals surface area contributed by atoms with E-state index in [4.69, 9.17) is 18.9 Å². The summed E-state index contributed by atoms with van der Waals surface area (Å²) in [5.74, 6) is 0.246. The van der Waals surface area contributed by atoms with Gasteiger partial charge in [0.25, 0.3) is 21.6 Å². The maximum Gasteiger partial charge on any atom is 0.297 e. The average molecular weight is 933 g/mol. The van der Waals surface area contributed by atoms with Gasteiger partial charge in [-0.1, -0.05) is 24.3 Å². The molecule has 2 aliphatic carbocycles. The minimum Gasteiger partial charge on any atom is -0.491 e. The second-order valence-corrected chi connectivity index (χ2v) is 20.7. The predicted octanol–water partition coefficient (Wildman–Crippen LogP) is 6.98. The largest absolute Gasteiger partial charge is 0.491 e. The van der Waals surface area contributed by atoms with Gasteiger partial charge < -0.3 is 34.1 Å². The summed E-state index contributed by atoms with van der Waals surface area (Å²) < 4.78 is 54.1. The molecule has 4 aliphatic heterocycles. The first-order valence-corrected chi connectivity index (χ1v) is 25.1. The van der Waals surface area contributed by atoms with Crippen LogP contribution >= 0.6 is 0 Å². The van der Waals surface area contributed by atoms with Crippen molar-refractivity contribution in [2.24, 2.45) is 5.41 Å². The highest BCUT2D eigenvalue weighted by atomic mass is 32.2. The summed E-state index contributed by atoms with van der Waals surface area (Å²) in [5, 5.41) is 16.5. The van der Waals surface area contributed by atoms with E-state index >= 15 is 0 Å². The SMILES string of the molecule is O=C(NS(=O)(=O)c1cc2c(c([N+](=O)[O-])c1)N[C@@H](CN1CCOCC1)CCO2)c1ccc(N2CCC3(CC2)CC(N2CCOC[C@H]2c2ccccc2C2CC2)C3)cc1Oc1cnc2[nH]ccc2c1. The zero-order valence-electron chi connectivity index (χ0n) is 37.4. The number of sulfonamides is 1. The van der Waals surface area contributed by atoms with Gasteiger partial charge in [0.15, 0.2) is 11.4 Å². The molecular weight excluding hydrogens is 877 g/mol. The van der Waals surface area contributed by atoms with Gasteiger partial charge in [-0.05, 0) is 85.3 Å². The van der Waals surface area contributed by atoms with E-state index < -0.39 is 31.4 Å². The molecule has 18 heteroatoms. The van der Waals surface area contributed by atoms with E-state index in [1.807, 2.05) is 12.1 Å². The first kappa shape index (κ1) is 43.8. The third-order valence-electron chi connectivity index (χ3n) is 14.8. The van der Waals surface area contributed by atoms with Crippen LogP contribution in [0.5, 0.6) is 17.2 Å². The van der Waals surface area contributed by atoms with E-state index in [2.05, 4.69) is 59.0 Å². The first-order valence-electron chi connectivity index (χ1n) is 23.6. The molecule has 3 aromatic carbocycles. The number of benzene rings is 3. The lowest BCUT2D eigenvalue weighted by atomic mass is 9.59. The Kier molecular flexibility index (Phi) is 11.8. The zero-order valence-corrected chi connectivity index (χ0v) is 38.2. The Labute approximate surface area is 389 Å². The highest BCUT2D eigenvalue weighted by Crippen LogP contribution is 2.54. The van der Waals surface area contributed by atoms with Crippen molar-refractivity contribution in [3.05, 3.63) is 106 Å². The summed E-state index contributed by atoms with van der Waals surface area (Å²) in [6.45, 7) is 7.62. The highest BCUT2D eigenvalue weighted by Gasteiger charge is 2.50. The number of nitro benzene ring substituents is 1. The van der Waals surface area contributed by atoms with Crippen LogP contribution in [0.1, 0.15) is 78.4 Å². The van der Waals surface area contributed by atoms with Crippen molar-refractivity contribution in [2.45, 2.75) is 73.9 Å². The number of aromatic amines is 1. The van der Waals surface area contributed by atoms with Crippen LogP contribution < -0.4 is 24.4 Å². The van der Waals surface area contributed by atoms with Gasteiger partial charge in [0, 0.05) is 93.2 Å². The number of ether oxygens (including phenoxy) is 4. The fourth-order valence-electron chi connectivity index (χ4n) is 11.0. The van der Waals surface area contributed by atoms with E-state index in [1.54, 1.807) is 30.6 Å². The third kappa shape index (κ3) is 9.04. The molecule has 0 radical (unpaired) electrons. The summed E-state index contributed by atoms with van der Waals surface area (Å²) in [5.41, 5.74) is 4.31. The molecule has 67 heavy (non-hydrogen) atoms. The molecule has 6 aliphatic rings. The number of nitrogens with one attached hydrogen (secondary N) is 3. The maximum absolute atomic E-state index is 14.2. The average Bonchev–Trinajstić information content (AvgIpc) is 4.11. The van der Waals surface area contributed by atoms with Crippen LogP contribution in [0.3, 0.4) is 0 Å². The number of rotatable bonds is 12. The van der Waals surface area contributed by atoms with E-state index in [1.165, 1.54) is 30.0 Å². The summed E-state index contributed by atoms with van der Waals surface area (Å²) >= 11 is 0. The van der Waals surface area contributed by atoms with Gasteiger partial charge in [-0.15, -0.1) is 0 Å². The Hall–Kier alpha value is -5.79. The molecule has 11 rings (SSSR count). The number of nitro groups is 1. The fourth-order valence-corrected chi connectivity index (χ4v) is 12.0. The Morgan fingerprint density at radius 2 is 1.72 bits per heavy atom. The Morgan fingerprint density at radius 1 is 0.925 bits per heavy atom. The summed E-state index contributed by atoms with van der Waals surface area (Å²) in [6, 6.07) is 20.6. The predicted molar refractivity (Wildman–Crippen MR) is 251 cm³/mol. The van der Waals surface area contributed by atoms with Crippen molar-refractivity contribution in [3.63, 3.8) is 0 Å². The number of nitrogens with zero attached hydrogens (tertiary/aromatic N) is 5. The summed E-state index contributed by atoms with van der Waals surface area (Å²) in [4.78, 5) is 40.2. The summed E-state index contributed by atoms with van der Waals surface area (Å²) in [7, 11) is -4.66. The molecule has 1 spiro atoms. The number of morpholine rings is 2. The van der Waals surface area contributed by atoms with E-state index in [-0.39, 0.29) is 46.9 Å². The lowest BCUT2D eigenvalue weighted by Gasteiger charge is -2.57. The number of pyridine rings is 1. The van der Waals surface area contributed by atoms with Gasteiger partial charge >= 0.3 is 0 Å². The van der Waals surface area contributed by atoms with Crippen molar-refractivity contribution in [1.82, 2.24) is 24.5 Å². The number of hydrogen-bond donors (Lipinski definition) is 3. The molecule has 352 valence electrons. The lowest BCUT2D eigenvalue weighted by molar-refractivity contribution is -0.384. The van der Waals surface area contributed by atoms with Gasteiger partial charge in [0.1, 0.15) is 17.1 Å². The highest BCUT2D eigenvalue weighted by molar-refractivity contribution is 7.90. The van der Waals surface area contributed by atoms with Gasteiger partial charge in [0.05, 0.1) is 60.7 Å². The van der Waals surface area contributed by atoms with E-state index in [0.29, 0.717) is 49.5 Å². The van der Waals surface area contributed by atoms with Crippen molar-refractivity contribution in [2.75, 3.05) is 82.5 Å². The number of anilines is 2. The molecular formula is C49H56N8O9S. The number of amides is 1. The molecule has 6 heterocycles. The Morgan fingerprint density at radius 3 is 2.51 bits per heavy atom. The molecule has 2 saturated carbocycles. The van der Waals surface area contributed by atoms with Crippen molar-refractivity contribution in [3.8, 4) is 17.2 Å². The number of aromatic nitrogens is 2. The molecule has 5 fully saturated rings. The van der Waals surface area contributed by atoms with Crippen molar-refractivity contribution in [1.29, 1.82) is 0 Å². The minimum absolute atomic E-state index is 0.0215. The quantitative estimate of drug-likeness (QED) is 0.0857. The molecule has 5 aromatic rings. The molecule has 2 atom stereocenters. The number of fused-ring (bicyclic) bond motifs is 2. The molecule has 1 amide bonds. The monoisotopic (exact) mass is 932 g/mol. The molecule has 3 N–H and O–H groups in total. The number of hydrogen-bond acceptors (Lipinski definition) is 14. The molecule has 3 saturated heterocycles. The maximum atomic E-state index is 14.2. The first-order chi connectivity index (χ1) is 32.6. The number of carbonyl (C=O) groups is 1. The third-order valence-corrected chi connectivity index (χ3v) is 16.1. The van der Waals surface area contributed by atoms with Gasteiger partial charge in [-0.25, -0.2) is 18.1 Å². The normalized spacial score (nSPS) is 22.5. The number of carbonyl (C=O) groups excluding carboxylic acids is 1. The van der Waals surface area contributed by atoms with Crippen LogP contribution in [0, 0.1) is 15.5 Å². The smallest absolute Gasteiger partial charge is 0.297 e. The number of piperidine rings is 1. The van der Waals surface area contributed by atoms with E-state index in [0.717, 1.165) is 88.8 Å². The second-order valence-electron chi connectivity index (χ2n) is 19.0. The fraction of sp³-hybridized carbons (Fsp3) is 0.469. The van der Waals surface area contributed by atoms with Crippen molar-refractivity contribution < 1.29 is 37.1 Å². The van der Waals surface area contributed by atoms with Crippen LogP contribution in [0.25, 0.3) is 11.0 Å². The Balaban J connectivity index is 0.806. The Bertz CT molecular complexity index is 2780. The standard InChI is InChI=1S/C49H56N8O9S/c58-48(53-67(61,62)38-25-42(57(59)60)46-45(26-38)65-19-10-34(52-46)30-54-16-20-63-21-17-54)41-8-7-35(24-44(41)66-37-23-33-9-13-50-47(33)51-29-37)55-14-11-49(12-15-55)27-36(28-49)56-18-22-64-31-43(56)40-4-2-1-3-39(40)32-5-6-32/h1-4,7-9,13,23-26,29,32,34,36,43,52H,5-6,10-12,14-22,27-28,30-31H2,(H,50,51)(H,53,58)/t34-,43+/m1/s1. The molecule has 0 bridgehead atoms. The van der Waals surface area contributed by atoms with Gasteiger partial charge in [-0.3, -0.25) is 24.7 Å². The summed E-state index contributed by atoms with van der Waals surface area (Å²) in [6.07, 6.45) is 10.8. The molecule has 17 nitrogen and oxygen atoms in total. The van der Waals surface area contributed by atoms with Gasteiger partial charge in [0.2, 0.25) is 0 Å². The number of H-pyrrole nitrogens is 1. The topological polar surface area (TPSA) is 194 Å². The van der Waals surface area contributed by atoms with Crippen LogP contribution in [0.4, 0.5) is 17.1 Å². The molecule has 2 aromatic heterocycles. The minimum atomic E-state index is -4.66. The zero-order chi connectivity index (χ0) is 45.7. The molecule has 0 unspecified atom stereocenters.